The van der Waals surface area contributed by atoms with Crippen LogP contribution >= 0.6 is 24.7 Å². The minimum absolute atomic E-state index is 0.0396. The van der Waals surface area contributed by atoms with E-state index in [2.05, 4.69) is 38.8 Å². The van der Waals surface area contributed by atoms with Gasteiger partial charge in [-0.2, -0.15) is 0 Å². The topological polar surface area (TPSA) is 12.5 Å². The van der Waals surface area contributed by atoms with Crippen molar-refractivity contribution in [2.75, 3.05) is 13.1 Å². The lowest BCUT2D eigenvalue weighted by molar-refractivity contribution is -0.110. The second kappa shape index (κ2) is 3.77. The van der Waals surface area contributed by atoms with E-state index in [0.29, 0.717) is 0 Å². The Hall–Kier alpha value is 0.0500. The predicted molar refractivity (Wildman–Crippen MR) is 73.5 cm³/mol. The third-order valence-corrected chi connectivity index (χ3v) is 6.01. The molecule has 1 aromatic carbocycles. The molecule has 2 aliphatic heterocycles. The Kier molecular flexibility index (Phi) is 2.42. The van der Waals surface area contributed by atoms with Crippen LogP contribution < -0.4 is 0 Å². The Morgan fingerprint density at radius 1 is 1.35 bits per heavy atom. The van der Waals surface area contributed by atoms with Crippen LogP contribution in [-0.2, 0) is 16.9 Å². The molecule has 1 atom stereocenters. The van der Waals surface area contributed by atoms with Gasteiger partial charge in [0.25, 0.3) is 0 Å². The molecule has 4 heteroatoms. The first kappa shape index (κ1) is 10.9. The number of nitrogens with zero attached hydrogens (tertiary/aromatic N) is 1. The molecule has 4 rings (SSSR count). The lowest BCUT2D eigenvalue weighted by Gasteiger charge is -2.47. The minimum Gasteiger partial charge on any atom is -0.363 e. The van der Waals surface area contributed by atoms with E-state index in [0.717, 1.165) is 38.6 Å². The van der Waals surface area contributed by atoms with E-state index in [-0.39, 0.29) is 5.60 Å². The number of hydrogen-bond acceptors (Lipinski definition) is 2. The lowest BCUT2D eigenvalue weighted by atomic mass is 9.87. The van der Waals surface area contributed by atoms with Crippen molar-refractivity contribution >= 4 is 24.7 Å². The van der Waals surface area contributed by atoms with Crippen LogP contribution in [0.2, 0.25) is 0 Å². The largest absolute Gasteiger partial charge is 0.363 e. The maximum atomic E-state index is 6.08. The van der Waals surface area contributed by atoms with Gasteiger partial charge in [0.1, 0.15) is 5.60 Å². The molecule has 1 saturated heterocycles. The van der Waals surface area contributed by atoms with Gasteiger partial charge in [0, 0.05) is 17.6 Å². The van der Waals surface area contributed by atoms with Crippen molar-refractivity contribution < 1.29 is 4.74 Å². The molecule has 0 N–H and O–H groups in total. The number of rotatable bonds is 2. The first-order chi connectivity index (χ1) is 8.25. The van der Waals surface area contributed by atoms with Gasteiger partial charge >= 0.3 is 0 Å². The molecule has 3 aliphatic rings. The van der Waals surface area contributed by atoms with Crippen molar-refractivity contribution in [2.45, 2.75) is 30.7 Å². The molecule has 2 fully saturated rings. The van der Waals surface area contributed by atoms with Crippen LogP contribution in [0.3, 0.4) is 0 Å². The van der Waals surface area contributed by atoms with Crippen molar-refractivity contribution in [3.8, 4) is 0 Å². The van der Waals surface area contributed by atoms with Gasteiger partial charge in [-0.25, -0.2) is 0 Å². The molecule has 2 nitrogen and oxygen atoms in total. The Morgan fingerprint density at radius 3 is 2.94 bits per heavy atom. The molecular weight excluding hydrogens is 297 g/mol. The van der Waals surface area contributed by atoms with Crippen LogP contribution in [0.15, 0.2) is 22.7 Å². The molecular formula is C13H15BrNOP. The van der Waals surface area contributed by atoms with Gasteiger partial charge in [-0.05, 0) is 50.5 Å². The summed E-state index contributed by atoms with van der Waals surface area (Å²) in [7, 11) is 1.04. The van der Waals surface area contributed by atoms with Crippen LogP contribution in [-0.4, -0.2) is 23.4 Å². The molecule has 0 bridgehead atoms. The molecule has 2 heterocycles. The van der Waals surface area contributed by atoms with Crippen LogP contribution in [0.5, 0.6) is 0 Å². The number of hydrogen-bond donors (Lipinski definition) is 0. The molecule has 0 amide bonds. The fourth-order valence-corrected chi connectivity index (χ4v) is 4.86. The first-order valence-corrected chi connectivity index (χ1v) is 8.01. The molecule has 0 radical (unpaired) electrons. The van der Waals surface area contributed by atoms with Gasteiger partial charge in [0.15, 0.2) is 0 Å². The van der Waals surface area contributed by atoms with Crippen molar-refractivity contribution in [2.24, 2.45) is 0 Å². The van der Waals surface area contributed by atoms with Gasteiger partial charge in [-0.3, -0.25) is 4.67 Å². The summed E-state index contributed by atoms with van der Waals surface area (Å²) in [6.45, 7) is 3.00. The third-order valence-electron chi connectivity index (χ3n) is 3.90. The zero-order valence-electron chi connectivity index (χ0n) is 9.58. The Morgan fingerprint density at radius 2 is 2.18 bits per heavy atom. The van der Waals surface area contributed by atoms with E-state index in [1.807, 2.05) is 0 Å². The lowest BCUT2D eigenvalue weighted by Crippen LogP contribution is -2.55. The highest BCUT2D eigenvalue weighted by Crippen LogP contribution is 2.51. The summed E-state index contributed by atoms with van der Waals surface area (Å²) >= 11 is 3.53. The molecule has 1 unspecified atom stereocenters. The van der Waals surface area contributed by atoms with Crippen LogP contribution in [0, 0.1) is 0 Å². The summed E-state index contributed by atoms with van der Waals surface area (Å²) in [5, 5.41) is 0. The molecule has 0 aromatic heterocycles. The average molecular weight is 312 g/mol. The van der Waals surface area contributed by atoms with E-state index < -0.39 is 0 Å². The minimum atomic E-state index is 0.0396. The van der Waals surface area contributed by atoms with Crippen LogP contribution in [0.25, 0.3) is 0 Å². The Labute approximate surface area is 112 Å². The van der Waals surface area contributed by atoms with E-state index in [1.165, 1.54) is 24.0 Å². The molecule has 1 aliphatic carbocycles. The molecule has 1 saturated carbocycles. The second-order valence-electron chi connectivity index (χ2n) is 5.34. The third kappa shape index (κ3) is 1.79. The van der Waals surface area contributed by atoms with Crippen molar-refractivity contribution in [1.29, 1.82) is 0 Å². The van der Waals surface area contributed by atoms with Gasteiger partial charge in [-0.15, -0.1) is 0 Å². The van der Waals surface area contributed by atoms with Crippen molar-refractivity contribution in [3.63, 3.8) is 0 Å². The van der Waals surface area contributed by atoms with Crippen LogP contribution in [0.4, 0.5) is 0 Å². The smallest absolute Gasteiger partial charge is 0.120 e. The maximum Gasteiger partial charge on any atom is 0.120 e. The van der Waals surface area contributed by atoms with E-state index in [1.54, 1.807) is 0 Å². The molecule has 1 spiro atoms. The van der Waals surface area contributed by atoms with Gasteiger partial charge in [-0.1, -0.05) is 22.0 Å². The summed E-state index contributed by atoms with van der Waals surface area (Å²) < 4.78 is 9.81. The summed E-state index contributed by atoms with van der Waals surface area (Å²) in [5.74, 6) is 0. The fraction of sp³-hybridized carbons (Fsp3) is 0.538. The fourth-order valence-electron chi connectivity index (χ4n) is 2.81. The highest BCUT2D eigenvalue weighted by atomic mass is 79.9. The number of ether oxygens (including phenoxy) is 1. The normalized spacial score (nSPS) is 26.6. The summed E-state index contributed by atoms with van der Waals surface area (Å²) in [6, 6.07) is 6.58. The van der Waals surface area contributed by atoms with E-state index in [4.69, 9.17) is 4.74 Å². The number of fused-ring (bicyclic) bond motifs is 2. The standard InChI is InChI=1S/C13H15BrNOP/c14-10-1-4-12-9(5-10)6-16-13(12)7-15(8-13)17-11-2-3-11/h1,4-5,11,17H,2-3,6-8H2. The van der Waals surface area contributed by atoms with Gasteiger partial charge < -0.3 is 4.74 Å². The van der Waals surface area contributed by atoms with Crippen molar-refractivity contribution in [1.82, 2.24) is 4.67 Å². The Balaban J connectivity index is 1.54. The molecule has 1 aromatic rings. The monoisotopic (exact) mass is 311 g/mol. The second-order valence-corrected chi connectivity index (χ2v) is 7.97. The quantitative estimate of drug-likeness (QED) is 0.777. The maximum absolute atomic E-state index is 6.08. The molecule has 90 valence electrons. The SMILES string of the molecule is Brc1ccc2c(c1)COC21CN(PC2CC2)C1. The van der Waals surface area contributed by atoms with Crippen molar-refractivity contribution in [3.05, 3.63) is 33.8 Å². The zero-order valence-corrected chi connectivity index (χ0v) is 12.2. The Bertz CT molecular complexity index is 468. The average Bonchev–Trinajstić information content (AvgIpc) is 2.99. The highest BCUT2D eigenvalue weighted by Gasteiger charge is 2.50. The van der Waals surface area contributed by atoms with E-state index >= 15 is 0 Å². The summed E-state index contributed by atoms with van der Waals surface area (Å²) in [5.41, 5.74) is 3.85. The van der Waals surface area contributed by atoms with Gasteiger partial charge in [0.05, 0.1) is 6.61 Å². The van der Waals surface area contributed by atoms with Crippen LogP contribution in [0.1, 0.15) is 24.0 Å². The highest BCUT2D eigenvalue weighted by molar-refractivity contribution is 9.10. The first-order valence-electron chi connectivity index (χ1n) is 6.19. The zero-order chi connectivity index (χ0) is 11.5. The number of benzene rings is 1. The summed E-state index contributed by atoms with van der Waals surface area (Å²) in [4.78, 5) is 0. The summed E-state index contributed by atoms with van der Waals surface area (Å²) in [6.07, 6.45) is 2.90. The van der Waals surface area contributed by atoms with E-state index in [9.17, 15) is 0 Å². The molecule has 17 heavy (non-hydrogen) atoms. The number of halogens is 1. The predicted octanol–water partition coefficient (Wildman–Crippen LogP) is 3.25. The van der Waals surface area contributed by atoms with Gasteiger partial charge in [0.2, 0.25) is 0 Å².